The van der Waals surface area contributed by atoms with Crippen molar-refractivity contribution >= 4 is 33.7 Å². The Balaban J connectivity index is 1.44. The Morgan fingerprint density at radius 2 is 2.11 bits per heavy atom. The summed E-state index contributed by atoms with van der Waals surface area (Å²) >= 11 is 1.49. The molecule has 1 unspecified atom stereocenters. The Morgan fingerprint density at radius 1 is 1.30 bits per heavy atom. The van der Waals surface area contributed by atoms with Crippen LogP contribution in [0.4, 0.5) is 10.1 Å². The zero-order chi connectivity index (χ0) is 18.8. The molecule has 2 aromatic carbocycles. The second kappa shape index (κ2) is 7.40. The number of carbonyl (C=O) groups is 1. The minimum absolute atomic E-state index is 0.00586. The molecule has 2 N–H and O–H groups in total. The first-order valence-corrected chi connectivity index (χ1v) is 9.36. The molecule has 27 heavy (non-hydrogen) atoms. The second-order valence-electron chi connectivity index (χ2n) is 6.28. The van der Waals surface area contributed by atoms with E-state index >= 15 is 0 Å². The van der Waals surface area contributed by atoms with Crippen LogP contribution >= 0.6 is 11.8 Å². The summed E-state index contributed by atoms with van der Waals surface area (Å²) in [6, 6.07) is 14.1. The van der Waals surface area contributed by atoms with Crippen molar-refractivity contribution in [1.82, 2.24) is 10.3 Å². The van der Waals surface area contributed by atoms with Gasteiger partial charge < -0.3 is 10.6 Å². The molecule has 0 spiro atoms. The third kappa shape index (κ3) is 3.95. The van der Waals surface area contributed by atoms with Gasteiger partial charge in [-0.1, -0.05) is 24.3 Å². The van der Waals surface area contributed by atoms with Crippen LogP contribution in [0.15, 0.2) is 58.6 Å². The number of hydrogen-bond donors (Lipinski definition) is 2. The maximum absolute atomic E-state index is 13.0. The van der Waals surface area contributed by atoms with Gasteiger partial charge in [-0.3, -0.25) is 9.79 Å². The van der Waals surface area contributed by atoms with E-state index in [1.807, 2.05) is 29.3 Å². The number of nitrogens with zero attached hydrogens (tertiary/aromatic N) is 3. The maximum Gasteiger partial charge on any atom is 0.221 e. The minimum atomic E-state index is -0.245. The number of anilines is 1. The number of carbonyl (C=O) groups excluding carboxylic acids is 1. The van der Waals surface area contributed by atoms with Crippen molar-refractivity contribution in [2.24, 2.45) is 10.1 Å². The van der Waals surface area contributed by atoms with Crippen LogP contribution in [-0.4, -0.2) is 27.8 Å². The second-order valence-corrected chi connectivity index (χ2v) is 7.23. The quantitative estimate of drug-likeness (QED) is 0.850. The first-order valence-electron chi connectivity index (χ1n) is 8.54. The molecule has 0 bridgehead atoms. The van der Waals surface area contributed by atoms with Gasteiger partial charge in [-0.05, 0) is 47.2 Å². The van der Waals surface area contributed by atoms with E-state index in [1.54, 1.807) is 12.1 Å². The van der Waals surface area contributed by atoms with Gasteiger partial charge in [0.15, 0.2) is 10.3 Å². The topological polar surface area (TPSA) is 69.1 Å². The van der Waals surface area contributed by atoms with Gasteiger partial charge in [0.1, 0.15) is 5.82 Å². The van der Waals surface area contributed by atoms with Gasteiger partial charge >= 0.3 is 0 Å². The number of aliphatic imine (C=N–C) groups is 1. The van der Waals surface area contributed by atoms with Crippen LogP contribution in [0, 0.1) is 5.82 Å². The normalized spacial score (nSPS) is 18.0. The Kier molecular flexibility index (Phi) is 4.81. The number of hydrazone groups is 1. The number of halogens is 1. The largest absolute Gasteiger partial charge is 0.359 e. The van der Waals surface area contributed by atoms with E-state index in [2.05, 4.69) is 20.7 Å². The lowest BCUT2D eigenvalue weighted by molar-refractivity contribution is -0.114. The van der Waals surface area contributed by atoms with Crippen molar-refractivity contribution in [2.75, 3.05) is 11.9 Å². The van der Waals surface area contributed by atoms with Gasteiger partial charge in [0.25, 0.3) is 0 Å². The fourth-order valence-corrected chi connectivity index (χ4v) is 3.82. The van der Waals surface area contributed by atoms with Crippen molar-refractivity contribution in [3.8, 4) is 0 Å². The van der Waals surface area contributed by atoms with Gasteiger partial charge in [0, 0.05) is 19.2 Å². The average molecular weight is 383 g/mol. The van der Waals surface area contributed by atoms with Crippen LogP contribution in [0.3, 0.4) is 0 Å². The molecule has 0 aromatic heterocycles. The lowest BCUT2D eigenvalue weighted by Crippen LogP contribution is -2.22. The van der Waals surface area contributed by atoms with Crippen LogP contribution in [0.1, 0.15) is 24.1 Å². The molecule has 2 aromatic rings. The molecule has 2 heterocycles. The Bertz CT molecular complexity index is 928. The van der Waals surface area contributed by atoms with Crippen molar-refractivity contribution in [3.05, 3.63) is 65.5 Å². The van der Waals surface area contributed by atoms with E-state index in [-0.39, 0.29) is 17.8 Å². The average Bonchev–Trinajstić information content (AvgIpc) is 3.21. The van der Waals surface area contributed by atoms with E-state index in [0.29, 0.717) is 13.1 Å². The SMILES string of the molecule is CC(=O)Nc1cccc(C2CN=C3SC(NCc4ccc(F)cc4)=NN32)c1. The molecule has 2 aliphatic rings. The summed E-state index contributed by atoms with van der Waals surface area (Å²) in [6.07, 6.45) is 0. The molecule has 0 aliphatic carbocycles. The smallest absolute Gasteiger partial charge is 0.221 e. The van der Waals surface area contributed by atoms with Crippen molar-refractivity contribution in [1.29, 1.82) is 0 Å². The predicted molar refractivity (Wildman–Crippen MR) is 106 cm³/mol. The van der Waals surface area contributed by atoms with E-state index in [9.17, 15) is 9.18 Å². The van der Waals surface area contributed by atoms with Crippen molar-refractivity contribution < 1.29 is 9.18 Å². The summed E-state index contributed by atoms with van der Waals surface area (Å²) < 4.78 is 13.0. The number of rotatable bonds is 4. The zero-order valence-electron chi connectivity index (χ0n) is 14.6. The molecule has 1 amide bonds. The summed E-state index contributed by atoms with van der Waals surface area (Å²) in [4.78, 5) is 15.9. The standard InChI is InChI=1S/C19H18FN5OS/c1-12(26)23-16-4-2-3-14(9-16)17-11-22-19-25(17)24-18(27-19)21-10-13-5-7-15(20)8-6-13/h2-9,17H,10-11H2,1H3,(H,21,24)(H,23,26). The molecule has 0 radical (unpaired) electrons. The number of fused-ring (bicyclic) bond motifs is 1. The number of hydrogen-bond acceptors (Lipinski definition) is 6. The lowest BCUT2D eigenvalue weighted by atomic mass is 10.1. The number of benzene rings is 2. The molecular formula is C19H18FN5OS. The highest BCUT2D eigenvalue weighted by molar-refractivity contribution is 8.26. The summed E-state index contributed by atoms with van der Waals surface area (Å²) in [6.45, 7) is 2.68. The molecule has 4 rings (SSSR count). The maximum atomic E-state index is 13.0. The van der Waals surface area contributed by atoms with Crippen LogP contribution in [0.25, 0.3) is 0 Å². The van der Waals surface area contributed by atoms with E-state index in [1.165, 1.54) is 30.8 Å². The summed E-state index contributed by atoms with van der Waals surface area (Å²) in [5.41, 5.74) is 2.79. The van der Waals surface area contributed by atoms with Crippen LogP contribution < -0.4 is 10.6 Å². The molecule has 0 saturated heterocycles. The van der Waals surface area contributed by atoms with E-state index < -0.39 is 0 Å². The summed E-state index contributed by atoms with van der Waals surface area (Å²) in [7, 11) is 0. The van der Waals surface area contributed by atoms with E-state index in [0.717, 1.165) is 27.1 Å². The van der Waals surface area contributed by atoms with Crippen molar-refractivity contribution in [3.63, 3.8) is 0 Å². The minimum Gasteiger partial charge on any atom is -0.359 e. The summed E-state index contributed by atoms with van der Waals surface area (Å²) in [5, 5.41) is 14.2. The predicted octanol–water partition coefficient (Wildman–Crippen LogP) is 3.30. The highest BCUT2D eigenvalue weighted by Gasteiger charge is 2.35. The van der Waals surface area contributed by atoms with Crippen molar-refractivity contribution in [2.45, 2.75) is 19.5 Å². The number of amidine groups is 2. The van der Waals surface area contributed by atoms with Gasteiger partial charge in [-0.25, -0.2) is 9.40 Å². The number of thioether (sulfide) groups is 1. The number of nitrogens with one attached hydrogen (secondary N) is 2. The highest BCUT2D eigenvalue weighted by atomic mass is 32.2. The first kappa shape index (κ1) is 17.5. The Hall–Kier alpha value is -2.87. The molecule has 0 saturated carbocycles. The summed E-state index contributed by atoms with van der Waals surface area (Å²) in [5.74, 6) is -0.344. The van der Waals surface area contributed by atoms with Gasteiger partial charge in [-0.15, -0.1) is 5.10 Å². The molecule has 6 nitrogen and oxygen atoms in total. The van der Waals surface area contributed by atoms with Crippen LogP contribution in [-0.2, 0) is 11.3 Å². The fraction of sp³-hybridized carbons (Fsp3) is 0.211. The third-order valence-electron chi connectivity index (χ3n) is 4.23. The molecular weight excluding hydrogens is 365 g/mol. The van der Waals surface area contributed by atoms with Gasteiger partial charge in [0.2, 0.25) is 5.91 Å². The van der Waals surface area contributed by atoms with Gasteiger partial charge in [-0.2, -0.15) is 0 Å². The molecule has 8 heteroatoms. The highest BCUT2D eigenvalue weighted by Crippen LogP contribution is 2.35. The Morgan fingerprint density at radius 3 is 2.89 bits per heavy atom. The first-order chi connectivity index (χ1) is 13.1. The van der Waals surface area contributed by atoms with Gasteiger partial charge in [0.05, 0.1) is 12.6 Å². The van der Waals surface area contributed by atoms with Crippen LogP contribution in [0.5, 0.6) is 0 Å². The third-order valence-corrected chi connectivity index (χ3v) is 5.14. The molecule has 138 valence electrons. The lowest BCUT2D eigenvalue weighted by Gasteiger charge is -2.19. The molecule has 2 aliphatic heterocycles. The Labute approximate surface area is 160 Å². The molecule has 1 atom stereocenters. The zero-order valence-corrected chi connectivity index (χ0v) is 15.5. The van der Waals surface area contributed by atoms with Crippen LogP contribution in [0.2, 0.25) is 0 Å². The number of amides is 1. The molecule has 0 fully saturated rings. The fourth-order valence-electron chi connectivity index (χ4n) is 2.97. The van der Waals surface area contributed by atoms with E-state index in [4.69, 9.17) is 0 Å². The monoisotopic (exact) mass is 383 g/mol.